The second-order valence-corrected chi connectivity index (χ2v) is 3.82. The van der Waals surface area contributed by atoms with E-state index < -0.39 is 18.6 Å². The molecule has 3 nitrogen and oxygen atoms in total. The first-order chi connectivity index (χ1) is 8.09. The van der Waals surface area contributed by atoms with E-state index in [1.54, 1.807) is 6.07 Å². The average molecular weight is 241 g/mol. The van der Waals surface area contributed by atoms with E-state index in [4.69, 9.17) is 9.52 Å². The predicted octanol–water partition coefficient (Wildman–Crippen LogP) is 2.10. The van der Waals surface area contributed by atoms with Crippen LogP contribution >= 0.6 is 0 Å². The van der Waals surface area contributed by atoms with E-state index in [0.717, 1.165) is 0 Å². The van der Waals surface area contributed by atoms with Crippen molar-refractivity contribution in [1.29, 1.82) is 0 Å². The molecule has 92 valence electrons. The molecule has 1 unspecified atom stereocenters. The van der Waals surface area contributed by atoms with E-state index in [1.807, 2.05) is 0 Å². The third-order valence-corrected chi connectivity index (χ3v) is 2.81. The number of benzene rings is 1. The first kappa shape index (κ1) is 12.0. The summed E-state index contributed by atoms with van der Waals surface area (Å²) < 4.78 is 33.1. The third kappa shape index (κ3) is 2.03. The number of halogens is 2. The van der Waals surface area contributed by atoms with Gasteiger partial charge in [-0.05, 0) is 31.3 Å². The highest BCUT2D eigenvalue weighted by atomic mass is 19.3. The molecule has 0 aliphatic carbocycles. The Morgan fingerprint density at radius 2 is 2.18 bits per heavy atom. The number of rotatable bonds is 4. The van der Waals surface area contributed by atoms with Crippen molar-refractivity contribution in [2.75, 3.05) is 13.7 Å². The molecule has 1 atom stereocenters. The maximum atomic E-state index is 14.0. The lowest BCUT2D eigenvalue weighted by atomic mass is 10.0. The fourth-order valence-corrected chi connectivity index (χ4v) is 1.76. The van der Waals surface area contributed by atoms with Crippen LogP contribution < -0.4 is 5.32 Å². The summed E-state index contributed by atoms with van der Waals surface area (Å²) in [6.07, 6.45) is 1.45. The van der Waals surface area contributed by atoms with Gasteiger partial charge >= 0.3 is 0 Å². The molecule has 1 heterocycles. The monoisotopic (exact) mass is 241 g/mol. The maximum absolute atomic E-state index is 14.0. The van der Waals surface area contributed by atoms with Gasteiger partial charge in [0.25, 0.3) is 5.92 Å². The molecule has 0 saturated heterocycles. The zero-order valence-electron chi connectivity index (χ0n) is 9.28. The molecule has 5 heteroatoms. The van der Waals surface area contributed by atoms with Gasteiger partial charge in [0.15, 0.2) is 0 Å². The van der Waals surface area contributed by atoms with Crippen LogP contribution in [-0.4, -0.2) is 24.8 Å². The largest absolute Gasteiger partial charge is 0.464 e. The number of furan rings is 1. The van der Waals surface area contributed by atoms with Gasteiger partial charge in [0.2, 0.25) is 0 Å². The second kappa shape index (κ2) is 4.43. The standard InChI is InChI=1S/C12H13F2NO2/c1-15-11(7-16)12(13,14)9-2-3-10-8(6-9)4-5-17-10/h2-6,11,15-16H,7H2,1H3. The summed E-state index contributed by atoms with van der Waals surface area (Å²) in [6.45, 7) is -0.632. The zero-order valence-corrected chi connectivity index (χ0v) is 9.28. The van der Waals surface area contributed by atoms with Crippen molar-refractivity contribution in [2.45, 2.75) is 12.0 Å². The minimum absolute atomic E-state index is 0.139. The molecule has 0 bridgehead atoms. The van der Waals surface area contributed by atoms with Crippen LogP contribution in [0.15, 0.2) is 34.9 Å². The van der Waals surface area contributed by atoms with Gasteiger partial charge in [-0.15, -0.1) is 0 Å². The van der Waals surface area contributed by atoms with Gasteiger partial charge in [0.1, 0.15) is 5.58 Å². The molecule has 0 amide bonds. The van der Waals surface area contributed by atoms with Crippen molar-refractivity contribution in [1.82, 2.24) is 5.32 Å². The van der Waals surface area contributed by atoms with Crippen LogP contribution in [0.4, 0.5) is 8.78 Å². The van der Waals surface area contributed by atoms with Crippen LogP contribution in [-0.2, 0) is 5.92 Å². The first-order valence-electron chi connectivity index (χ1n) is 5.23. The number of aliphatic hydroxyl groups excluding tert-OH is 1. The van der Waals surface area contributed by atoms with Crippen molar-refractivity contribution in [3.63, 3.8) is 0 Å². The van der Waals surface area contributed by atoms with Gasteiger partial charge in [0.05, 0.1) is 18.9 Å². The summed E-state index contributed by atoms with van der Waals surface area (Å²) in [5.41, 5.74) is 0.425. The Kier molecular flexibility index (Phi) is 3.13. The molecule has 0 aliphatic rings. The fourth-order valence-electron chi connectivity index (χ4n) is 1.76. The summed E-state index contributed by atoms with van der Waals surface area (Å²) >= 11 is 0. The molecule has 1 aromatic heterocycles. The van der Waals surface area contributed by atoms with E-state index in [2.05, 4.69) is 5.32 Å². The first-order valence-corrected chi connectivity index (χ1v) is 5.23. The lowest BCUT2D eigenvalue weighted by molar-refractivity contribution is -0.0568. The molecule has 2 N–H and O–H groups in total. The topological polar surface area (TPSA) is 45.4 Å². The van der Waals surface area contributed by atoms with Crippen molar-refractivity contribution in [2.24, 2.45) is 0 Å². The molecule has 0 aliphatic heterocycles. The fraction of sp³-hybridized carbons (Fsp3) is 0.333. The number of alkyl halides is 2. The third-order valence-electron chi connectivity index (χ3n) is 2.81. The molecule has 2 aromatic rings. The average Bonchev–Trinajstić information content (AvgIpc) is 2.77. The normalized spacial score (nSPS) is 14.1. The Balaban J connectivity index is 2.43. The minimum Gasteiger partial charge on any atom is -0.464 e. The SMILES string of the molecule is CNC(CO)C(F)(F)c1ccc2occc2c1. The van der Waals surface area contributed by atoms with Crippen LogP contribution in [0.25, 0.3) is 11.0 Å². The van der Waals surface area contributed by atoms with Crippen molar-refractivity contribution >= 4 is 11.0 Å². The van der Waals surface area contributed by atoms with E-state index in [9.17, 15) is 8.78 Å². The Hall–Kier alpha value is -1.46. The molecule has 0 fully saturated rings. The predicted molar refractivity (Wildman–Crippen MR) is 60.0 cm³/mol. The van der Waals surface area contributed by atoms with Gasteiger partial charge < -0.3 is 14.8 Å². The lowest BCUT2D eigenvalue weighted by Crippen LogP contribution is -2.43. The molecule has 2 rings (SSSR count). The van der Waals surface area contributed by atoms with Gasteiger partial charge in [0, 0.05) is 10.9 Å². The Morgan fingerprint density at radius 1 is 1.41 bits per heavy atom. The van der Waals surface area contributed by atoms with Gasteiger partial charge in [-0.25, -0.2) is 0 Å². The van der Waals surface area contributed by atoms with Crippen LogP contribution in [0.3, 0.4) is 0 Å². The summed E-state index contributed by atoms with van der Waals surface area (Å²) in [4.78, 5) is 0. The number of fused-ring (bicyclic) bond motifs is 1. The number of likely N-dealkylation sites (N-methyl/N-ethyl adjacent to an activating group) is 1. The van der Waals surface area contributed by atoms with Crippen LogP contribution in [0.5, 0.6) is 0 Å². The highest BCUT2D eigenvalue weighted by molar-refractivity contribution is 5.77. The van der Waals surface area contributed by atoms with Crippen molar-refractivity contribution in [3.8, 4) is 0 Å². The molecular weight excluding hydrogens is 228 g/mol. The van der Waals surface area contributed by atoms with E-state index in [-0.39, 0.29) is 5.56 Å². The van der Waals surface area contributed by atoms with E-state index in [0.29, 0.717) is 11.0 Å². The maximum Gasteiger partial charge on any atom is 0.290 e. The summed E-state index contributed by atoms with van der Waals surface area (Å²) in [5.74, 6) is -3.13. The molecule has 0 radical (unpaired) electrons. The molecule has 0 spiro atoms. The quantitative estimate of drug-likeness (QED) is 0.861. The van der Waals surface area contributed by atoms with Crippen molar-refractivity contribution < 1.29 is 18.3 Å². The van der Waals surface area contributed by atoms with E-state index >= 15 is 0 Å². The highest BCUT2D eigenvalue weighted by Gasteiger charge is 2.40. The summed E-state index contributed by atoms with van der Waals surface area (Å²) in [5, 5.41) is 12.0. The number of nitrogens with one attached hydrogen (secondary N) is 1. The number of hydrogen-bond acceptors (Lipinski definition) is 3. The summed E-state index contributed by atoms with van der Waals surface area (Å²) in [7, 11) is 1.39. The Bertz CT molecular complexity index is 506. The van der Waals surface area contributed by atoms with Gasteiger partial charge in [-0.2, -0.15) is 8.78 Å². The minimum atomic E-state index is -3.13. The number of aliphatic hydroxyl groups is 1. The summed E-state index contributed by atoms with van der Waals surface area (Å²) in [6, 6.07) is 4.52. The van der Waals surface area contributed by atoms with Gasteiger partial charge in [-0.1, -0.05) is 0 Å². The second-order valence-electron chi connectivity index (χ2n) is 3.82. The molecule has 1 aromatic carbocycles. The molecule has 0 saturated carbocycles. The number of hydrogen-bond donors (Lipinski definition) is 2. The van der Waals surface area contributed by atoms with Gasteiger partial charge in [-0.3, -0.25) is 0 Å². The van der Waals surface area contributed by atoms with Crippen LogP contribution in [0, 0.1) is 0 Å². The smallest absolute Gasteiger partial charge is 0.290 e. The molecule has 17 heavy (non-hydrogen) atoms. The lowest BCUT2D eigenvalue weighted by Gasteiger charge is -2.25. The van der Waals surface area contributed by atoms with E-state index in [1.165, 1.54) is 31.5 Å². The van der Waals surface area contributed by atoms with Crippen LogP contribution in [0.1, 0.15) is 5.56 Å². The van der Waals surface area contributed by atoms with Crippen LogP contribution in [0.2, 0.25) is 0 Å². The van der Waals surface area contributed by atoms with Crippen molar-refractivity contribution in [3.05, 3.63) is 36.1 Å². The Morgan fingerprint density at radius 3 is 2.82 bits per heavy atom. The zero-order chi connectivity index (χ0) is 12.5. The highest BCUT2D eigenvalue weighted by Crippen LogP contribution is 2.33. The Labute approximate surface area is 97.0 Å². The molecular formula is C12H13F2NO2.